The van der Waals surface area contributed by atoms with Crippen LogP contribution in [0.15, 0.2) is 24.5 Å². The van der Waals surface area contributed by atoms with E-state index in [4.69, 9.17) is 0 Å². The molecule has 1 aliphatic heterocycles. The van der Waals surface area contributed by atoms with Gasteiger partial charge in [-0.25, -0.2) is 0 Å². The molecule has 0 bridgehead atoms. The van der Waals surface area contributed by atoms with Gasteiger partial charge in [-0.3, -0.25) is 4.79 Å². The molecule has 5 heteroatoms. The molecule has 122 valence electrons. The van der Waals surface area contributed by atoms with Crippen LogP contribution in [0.4, 0.5) is 0 Å². The minimum Gasteiger partial charge on any atom is -0.396 e. The lowest BCUT2D eigenvalue weighted by Crippen LogP contribution is -2.39. The molecule has 2 aromatic rings. The van der Waals surface area contributed by atoms with E-state index >= 15 is 0 Å². The summed E-state index contributed by atoms with van der Waals surface area (Å²) >= 11 is 1.78. The third-order valence-electron chi connectivity index (χ3n) is 5.12. The molecule has 0 spiro atoms. The fourth-order valence-corrected chi connectivity index (χ4v) is 5.09. The van der Waals surface area contributed by atoms with Gasteiger partial charge in [-0.2, -0.15) is 0 Å². The lowest BCUT2D eigenvalue weighted by Gasteiger charge is -2.31. The zero-order valence-corrected chi connectivity index (χ0v) is 14.0. The van der Waals surface area contributed by atoms with Crippen LogP contribution < -0.4 is 0 Å². The zero-order valence-electron chi connectivity index (χ0n) is 13.2. The van der Waals surface area contributed by atoms with Gasteiger partial charge in [0.2, 0.25) is 0 Å². The molecule has 3 heterocycles. The highest BCUT2D eigenvalue weighted by Gasteiger charge is 2.31. The molecule has 0 aromatic carbocycles. The summed E-state index contributed by atoms with van der Waals surface area (Å²) in [5.74, 6) is 0.542. The number of aromatic nitrogens is 1. The number of carbonyl (C=O) groups excluding carboxylic acids is 1. The number of aliphatic hydroxyl groups excluding tert-OH is 1. The summed E-state index contributed by atoms with van der Waals surface area (Å²) < 4.78 is 2.08. The summed E-state index contributed by atoms with van der Waals surface area (Å²) in [5, 5.41) is 10.4. The Labute approximate surface area is 140 Å². The Balaban J connectivity index is 1.67. The molecule has 4 rings (SSSR count). The number of aliphatic hydroxyl groups is 1. The van der Waals surface area contributed by atoms with Gasteiger partial charge in [0.15, 0.2) is 0 Å². The highest BCUT2D eigenvalue weighted by atomic mass is 32.1. The van der Waals surface area contributed by atoms with Crippen molar-refractivity contribution in [1.29, 1.82) is 0 Å². The summed E-state index contributed by atoms with van der Waals surface area (Å²) in [6, 6.07) is 4.01. The smallest absolute Gasteiger partial charge is 0.257 e. The van der Waals surface area contributed by atoms with Gasteiger partial charge < -0.3 is 14.6 Å². The molecule has 1 fully saturated rings. The van der Waals surface area contributed by atoms with Crippen LogP contribution in [0.25, 0.3) is 5.00 Å². The van der Waals surface area contributed by atoms with E-state index < -0.39 is 0 Å². The summed E-state index contributed by atoms with van der Waals surface area (Å²) in [6.45, 7) is 1.77. The van der Waals surface area contributed by atoms with Crippen molar-refractivity contribution in [3.8, 4) is 5.00 Å². The van der Waals surface area contributed by atoms with Crippen molar-refractivity contribution in [1.82, 2.24) is 9.47 Å². The molecule has 0 radical (unpaired) electrons. The molecule has 4 nitrogen and oxygen atoms in total. The molecule has 0 saturated carbocycles. The van der Waals surface area contributed by atoms with Crippen molar-refractivity contribution in [2.75, 3.05) is 19.7 Å². The zero-order chi connectivity index (χ0) is 15.8. The van der Waals surface area contributed by atoms with Crippen molar-refractivity contribution < 1.29 is 9.90 Å². The number of piperidine rings is 1. The van der Waals surface area contributed by atoms with Gasteiger partial charge in [-0.15, -0.1) is 11.3 Å². The Morgan fingerprint density at radius 3 is 2.65 bits per heavy atom. The van der Waals surface area contributed by atoms with Crippen LogP contribution in [0, 0.1) is 5.92 Å². The second-order valence-electron chi connectivity index (χ2n) is 6.55. The van der Waals surface area contributed by atoms with E-state index in [2.05, 4.69) is 4.57 Å². The number of carbonyl (C=O) groups is 1. The van der Waals surface area contributed by atoms with Gasteiger partial charge in [-0.05, 0) is 55.7 Å². The first-order valence-electron chi connectivity index (χ1n) is 8.46. The van der Waals surface area contributed by atoms with Gasteiger partial charge >= 0.3 is 0 Å². The van der Waals surface area contributed by atoms with Gasteiger partial charge in [0.1, 0.15) is 5.00 Å². The van der Waals surface area contributed by atoms with E-state index in [1.54, 1.807) is 11.3 Å². The maximum Gasteiger partial charge on any atom is 0.257 e. The van der Waals surface area contributed by atoms with Gasteiger partial charge in [0, 0.05) is 37.0 Å². The molecule has 0 unspecified atom stereocenters. The first-order valence-corrected chi connectivity index (χ1v) is 9.27. The number of hydrogen-bond acceptors (Lipinski definition) is 3. The number of rotatable bonds is 3. The largest absolute Gasteiger partial charge is 0.396 e. The van der Waals surface area contributed by atoms with E-state index in [0.717, 1.165) is 49.3 Å². The van der Waals surface area contributed by atoms with Crippen molar-refractivity contribution in [3.63, 3.8) is 0 Å². The number of hydrogen-bond donors (Lipinski definition) is 1. The molecule has 1 N–H and O–H groups in total. The van der Waals surface area contributed by atoms with E-state index in [1.807, 2.05) is 29.4 Å². The predicted octanol–water partition coefficient (Wildman–Crippen LogP) is 2.87. The van der Waals surface area contributed by atoms with Crippen LogP contribution in [0.2, 0.25) is 0 Å². The molecule has 1 aliphatic carbocycles. The van der Waals surface area contributed by atoms with Crippen molar-refractivity contribution in [2.24, 2.45) is 5.92 Å². The molecule has 2 aromatic heterocycles. The Hall–Kier alpha value is -1.59. The molecular weight excluding hydrogens is 308 g/mol. The Morgan fingerprint density at radius 1 is 1.22 bits per heavy atom. The maximum atomic E-state index is 13.2. The topological polar surface area (TPSA) is 45.5 Å². The van der Waals surface area contributed by atoms with E-state index in [1.165, 1.54) is 16.9 Å². The summed E-state index contributed by atoms with van der Waals surface area (Å²) in [7, 11) is 0. The highest BCUT2D eigenvalue weighted by Crippen LogP contribution is 2.38. The van der Waals surface area contributed by atoms with Crippen LogP contribution in [0.1, 0.15) is 40.1 Å². The van der Waals surface area contributed by atoms with Crippen LogP contribution in [-0.2, 0) is 12.8 Å². The lowest BCUT2D eigenvalue weighted by molar-refractivity contribution is 0.0650. The fourth-order valence-electron chi connectivity index (χ4n) is 3.74. The van der Waals surface area contributed by atoms with Crippen molar-refractivity contribution in [2.45, 2.75) is 32.1 Å². The molecule has 0 atom stereocenters. The van der Waals surface area contributed by atoms with Crippen LogP contribution in [0.5, 0.6) is 0 Å². The predicted molar refractivity (Wildman–Crippen MR) is 91.4 cm³/mol. The molecule has 1 saturated heterocycles. The molecule has 2 aliphatic rings. The summed E-state index contributed by atoms with van der Waals surface area (Å²) in [4.78, 5) is 16.6. The number of nitrogens with zero attached hydrogens (tertiary/aromatic N) is 2. The van der Waals surface area contributed by atoms with Gasteiger partial charge in [-0.1, -0.05) is 0 Å². The Kier molecular flexibility index (Phi) is 3.99. The average Bonchev–Trinajstić information content (AvgIpc) is 3.30. The second-order valence-corrected chi connectivity index (χ2v) is 7.63. The summed E-state index contributed by atoms with van der Waals surface area (Å²) in [6.07, 6.45) is 9.17. The van der Waals surface area contributed by atoms with E-state index in [0.29, 0.717) is 5.92 Å². The van der Waals surface area contributed by atoms with Crippen LogP contribution >= 0.6 is 11.3 Å². The Bertz CT molecular complexity index is 697. The summed E-state index contributed by atoms with van der Waals surface area (Å²) in [5.41, 5.74) is 2.22. The second kappa shape index (κ2) is 6.13. The lowest BCUT2D eigenvalue weighted by atomic mass is 9.97. The van der Waals surface area contributed by atoms with Gasteiger partial charge in [0.25, 0.3) is 5.91 Å². The minimum absolute atomic E-state index is 0.185. The first kappa shape index (κ1) is 15.0. The minimum atomic E-state index is 0.185. The third-order valence-corrected chi connectivity index (χ3v) is 6.42. The normalized spacial score (nSPS) is 18.4. The van der Waals surface area contributed by atoms with Crippen LogP contribution in [-0.4, -0.2) is 40.2 Å². The van der Waals surface area contributed by atoms with Crippen molar-refractivity contribution >= 4 is 17.2 Å². The number of aryl methyl sites for hydroxylation is 1. The van der Waals surface area contributed by atoms with Crippen LogP contribution in [0.3, 0.4) is 0 Å². The number of likely N-dealkylation sites (tertiary alicyclic amines) is 1. The maximum absolute atomic E-state index is 13.2. The number of thiophene rings is 1. The van der Waals surface area contributed by atoms with E-state index in [9.17, 15) is 9.90 Å². The fraction of sp³-hybridized carbons (Fsp3) is 0.500. The molecular formula is C18H22N2O2S. The Morgan fingerprint density at radius 2 is 1.96 bits per heavy atom. The molecule has 23 heavy (non-hydrogen) atoms. The quantitative estimate of drug-likeness (QED) is 0.940. The monoisotopic (exact) mass is 330 g/mol. The average molecular weight is 330 g/mol. The highest BCUT2D eigenvalue weighted by molar-refractivity contribution is 7.15. The SMILES string of the molecule is O=C(c1c(-n2cccc2)sc2c1CCC2)N1CCC(CO)CC1. The van der Waals surface area contributed by atoms with Gasteiger partial charge in [0.05, 0.1) is 5.56 Å². The third kappa shape index (κ3) is 2.62. The number of amides is 1. The first-order chi connectivity index (χ1) is 11.3. The number of fused-ring (bicyclic) bond motifs is 1. The van der Waals surface area contributed by atoms with Crippen molar-refractivity contribution in [3.05, 3.63) is 40.5 Å². The van der Waals surface area contributed by atoms with E-state index in [-0.39, 0.29) is 12.5 Å². The standard InChI is InChI=1S/C18H22N2O2S/c21-12-13-6-10-19(11-7-13)17(22)16-14-4-3-5-15(14)23-18(16)20-8-1-2-9-20/h1-2,8-9,13,21H,3-7,10-12H2. The molecule has 1 amide bonds.